The molecule has 1 aliphatic rings. The lowest BCUT2D eigenvalue weighted by atomic mass is 9.97. The van der Waals surface area contributed by atoms with Crippen molar-refractivity contribution in [2.45, 2.75) is 17.2 Å². The molecule has 0 saturated carbocycles. The average molecular weight is 336 g/mol. The van der Waals surface area contributed by atoms with Gasteiger partial charge in [0.05, 0.1) is 6.26 Å². The van der Waals surface area contributed by atoms with E-state index in [0.717, 1.165) is 4.34 Å². The van der Waals surface area contributed by atoms with E-state index in [1.54, 1.807) is 0 Å². The molecule has 0 aliphatic carbocycles. The van der Waals surface area contributed by atoms with Crippen molar-refractivity contribution in [3.05, 3.63) is 0 Å². The molecule has 0 atom stereocenters. The predicted molar refractivity (Wildman–Crippen MR) is 79.5 cm³/mol. The molecule has 1 saturated heterocycles. The maximum Gasteiger partial charge on any atom is 0.229 e. The molecular weight excluding hydrogens is 320 g/mol. The van der Waals surface area contributed by atoms with Crippen molar-refractivity contribution in [2.75, 3.05) is 30.9 Å². The molecule has 1 fully saturated rings. The van der Waals surface area contributed by atoms with Crippen LogP contribution in [0.25, 0.3) is 0 Å². The van der Waals surface area contributed by atoms with Crippen LogP contribution in [0, 0.1) is 5.92 Å². The Bertz CT molecular complexity index is 578. The molecule has 0 bridgehead atoms. The molecule has 0 aromatic carbocycles. The summed E-state index contributed by atoms with van der Waals surface area (Å²) < 4.78 is 25.0. The van der Waals surface area contributed by atoms with Crippen LogP contribution in [0.15, 0.2) is 4.34 Å². The van der Waals surface area contributed by atoms with Gasteiger partial charge in [0.15, 0.2) is 4.34 Å². The highest BCUT2D eigenvalue weighted by atomic mass is 32.2. The van der Waals surface area contributed by atoms with E-state index >= 15 is 0 Å². The quantitative estimate of drug-likeness (QED) is 0.648. The summed E-state index contributed by atoms with van der Waals surface area (Å²) in [5.74, 6) is -0.281. The van der Waals surface area contributed by atoms with Crippen LogP contribution in [0.3, 0.4) is 0 Å². The molecular formula is C10H16N4O3S3. The van der Waals surface area contributed by atoms with Crippen molar-refractivity contribution >= 4 is 44.2 Å². The van der Waals surface area contributed by atoms with Gasteiger partial charge in [-0.05, 0) is 19.1 Å². The van der Waals surface area contributed by atoms with Gasteiger partial charge in [-0.1, -0.05) is 23.1 Å². The summed E-state index contributed by atoms with van der Waals surface area (Å²) >= 11 is 2.81. The van der Waals surface area contributed by atoms with E-state index in [9.17, 15) is 13.2 Å². The summed E-state index contributed by atoms with van der Waals surface area (Å²) in [4.78, 5) is 12.1. The Morgan fingerprint density at radius 1 is 1.40 bits per heavy atom. The van der Waals surface area contributed by atoms with Crippen molar-refractivity contribution in [1.82, 2.24) is 14.5 Å². The molecule has 1 amide bonds. The maximum absolute atomic E-state index is 12.1. The fourth-order valence-electron chi connectivity index (χ4n) is 2.00. The minimum Gasteiger partial charge on any atom is -0.300 e. The van der Waals surface area contributed by atoms with E-state index in [2.05, 4.69) is 15.5 Å². The van der Waals surface area contributed by atoms with Crippen molar-refractivity contribution in [2.24, 2.45) is 5.92 Å². The Morgan fingerprint density at radius 2 is 2.05 bits per heavy atom. The normalized spacial score (nSPS) is 18.1. The standard InChI is InChI=1S/C10H16N4O3S3/c1-18-10-13-12-9(19-10)11-8(15)7-3-5-14(6-4-7)20(2,16)17/h7H,3-6H2,1-2H3,(H,11,12,15). The van der Waals surface area contributed by atoms with Gasteiger partial charge in [0.25, 0.3) is 0 Å². The van der Waals surface area contributed by atoms with Gasteiger partial charge >= 0.3 is 0 Å². The summed E-state index contributed by atoms with van der Waals surface area (Å²) in [6, 6.07) is 0. The van der Waals surface area contributed by atoms with Crippen LogP contribution in [0.5, 0.6) is 0 Å². The first-order valence-electron chi connectivity index (χ1n) is 6.03. The summed E-state index contributed by atoms with van der Waals surface area (Å²) in [7, 11) is -3.16. The van der Waals surface area contributed by atoms with Crippen molar-refractivity contribution in [1.29, 1.82) is 0 Å². The number of aromatic nitrogens is 2. The zero-order chi connectivity index (χ0) is 14.8. The van der Waals surface area contributed by atoms with Gasteiger partial charge in [-0.15, -0.1) is 10.2 Å². The Kier molecular flexibility index (Phi) is 4.99. The number of hydrogen-bond acceptors (Lipinski definition) is 7. The lowest BCUT2D eigenvalue weighted by Crippen LogP contribution is -2.40. The van der Waals surface area contributed by atoms with Crippen LogP contribution < -0.4 is 5.32 Å². The number of nitrogens with one attached hydrogen (secondary N) is 1. The number of nitrogens with zero attached hydrogens (tertiary/aromatic N) is 3. The number of carbonyl (C=O) groups excluding carboxylic acids is 1. The van der Waals surface area contributed by atoms with Gasteiger partial charge in [-0.25, -0.2) is 12.7 Å². The molecule has 1 aromatic rings. The lowest BCUT2D eigenvalue weighted by molar-refractivity contribution is -0.120. The molecule has 2 heterocycles. The molecule has 0 unspecified atom stereocenters. The zero-order valence-electron chi connectivity index (χ0n) is 11.2. The van der Waals surface area contributed by atoms with E-state index in [1.165, 1.54) is 33.7 Å². The van der Waals surface area contributed by atoms with Gasteiger partial charge in [-0.3, -0.25) is 4.79 Å². The Hall–Kier alpha value is -0.710. The third-order valence-electron chi connectivity index (χ3n) is 3.10. The highest BCUT2D eigenvalue weighted by Crippen LogP contribution is 2.25. The van der Waals surface area contributed by atoms with E-state index in [-0.39, 0.29) is 11.8 Å². The Labute approximate surface area is 126 Å². The average Bonchev–Trinajstić information content (AvgIpc) is 2.85. The van der Waals surface area contributed by atoms with Crippen LogP contribution in [0.1, 0.15) is 12.8 Å². The van der Waals surface area contributed by atoms with Crippen molar-refractivity contribution in [3.63, 3.8) is 0 Å². The fraction of sp³-hybridized carbons (Fsp3) is 0.700. The molecule has 10 heteroatoms. The third-order valence-corrected chi connectivity index (χ3v) is 6.22. The topological polar surface area (TPSA) is 92.3 Å². The van der Waals surface area contributed by atoms with E-state index < -0.39 is 10.0 Å². The minimum atomic E-state index is -3.16. The first kappa shape index (κ1) is 15.7. The van der Waals surface area contributed by atoms with Crippen LogP contribution >= 0.6 is 23.1 Å². The number of amides is 1. The van der Waals surface area contributed by atoms with Crippen LogP contribution in [-0.4, -0.2) is 54.4 Å². The largest absolute Gasteiger partial charge is 0.300 e. The molecule has 0 radical (unpaired) electrons. The monoisotopic (exact) mass is 336 g/mol. The van der Waals surface area contributed by atoms with Gasteiger partial charge in [-0.2, -0.15) is 0 Å². The number of piperidine rings is 1. The van der Waals surface area contributed by atoms with Crippen LogP contribution in [0.2, 0.25) is 0 Å². The first-order chi connectivity index (χ1) is 9.40. The number of hydrogen-bond donors (Lipinski definition) is 1. The molecule has 112 valence electrons. The van der Waals surface area contributed by atoms with Crippen molar-refractivity contribution in [3.8, 4) is 0 Å². The second-order valence-corrected chi connectivity index (χ2v) is 8.52. The van der Waals surface area contributed by atoms with Crippen molar-refractivity contribution < 1.29 is 13.2 Å². The number of carbonyl (C=O) groups is 1. The third kappa shape index (κ3) is 3.90. The Balaban J connectivity index is 1.89. The molecule has 2 rings (SSSR count). The second kappa shape index (κ2) is 6.37. The Morgan fingerprint density at radius 3 is 2.55 bits per heavy atom. The number of sulfonamides is 1. The number of thioether (sulfide) groups is 1. The molecule has 20 heavy (non-hydrogen) atoms. The molecule has 0 spiro atoms. The van der Waals surface area contributed by atoms with Crippen LogP contribution in [-0.2, 0) is 14.8 Å². The number of anilines is 1. The zero-order valence-corrected chi connectivity index (χ0v) is 13.6. The van der Waals surface area contributed by atoms with Gasteiger partial charge in [0.1, 0.15) is 0 Å². The highest BCUT2D eigenvalue weighted by molar-refractivity contribution is 8.00. The summed E-state index contributed by atoms with van der Waals surface area (Å²) in [5.41, 5.74) is 0. The summed E-state index contributed by atoms with van der Waals surface area (Å²) in [6.45, 7) is 0.784. The number of rotatable bonds is 4. The molecule has 1 aliphatic heterocycles. The van der Waals surface area contributed by atoms with Gasteiger partial charge in [0, 0.05) is 19.0 Å². The lowest BCUT2D eigenvalue weighted by Gasteiger charge is -2.29. The maximum atomic E-state index is 12.1. The SMILES string of the molecule is CSc1nnc(NC(=O)C2CCN(S(C)(=O)=O)CC2)s1. The molecule has 1 aromatic heterocycles. The van der Waals surface area contributed by atoms with E-state index in [0.29, 0.717) is 31.1 Å². The first-order valence-corrected chi connectivity index (χ1v) is 9.92. The smallest absolute Gasteiger partial charge is 0.229 e. The highest BCUT2D eigenvalue weighted by Gasteiger charge is 2.29. The van der Waals surface area contributed by atoms with E-state index in [4.69, 9.17) is 0 Å². The van der Waals surface area contributed by atoms with E-state index in [1.807, 2.05) is 6.26 Å². The second-order valence-electron chi connectivity index (χ2n) is 4.50. The molecule has 1 N–H and O–H groups in total. The predicted octanol–water partition coefficient (Wildman–Crippen LogP) is 0.870. The van der Waals surface area contributed by atoms with Crippen LogP contribution in [0.4, 0.5) is 5.13 Å². The van der Waals surface area contributed by atoms with Gasteiger partial charge in [0.2, 0.25) is 21.1 Å². The summed E-state index contributed by atoms with van der Waals surface area (Å²) in [5, 5.41) is 11.0. The fourth-order valence-corrected chi connectivity index (χ4v) is 4.05. The minimum absolute atomic E-state index is 0.109. The molecule has 7 nitrogen and oxygen atoms in total. The van der Waals surface area contributed by atoms with Gasteiger partial charge < -0.3 is 5.32 Å². The summed E-state index contributed by atoms with van der Waals surface area (Å²) in [6.07, 6.45) is 4.16.